The normalized spacial score (nSPS) is 13.0. The third kappa shape index (κ3) is 6.70. The topological polar surface area (TPSA) is 58.2 Å². The Balaban J connectivity index is 2.34. The first-order chi connectivity index (χ1) is 13.2. The third-order valence-electron chi connectivity index (χ3n) is 3.93. The van der Waals surface area contributed by atoms with E-state index in [0.29, 0.717) is 34.1 Å². The van der Waals surface area contributed by atoms with Gasteiger partial charge in [-0.2, -0.15) is 0 Å². The molecule has 0 heterocycles. The number of amides is 2. The van der Waals surface area contributed by atoms with Crippen LogP contribution in [0.5, 0.6) is 0 Å². The highest BCUT2D eigenvalue weighted by Gasteiger charge is 2.22. The second kappa shape index (κ2) is 9.76. The molecule has 4 nitrogen and oxygen atoms in total. The second-order valence-electron chi connectivity index (χ2n) is 7.69. The smallest absolute Gasteiger partial charge is 0.251 e. The van der Waals surface area contributed by atoms with Gasteiger partial charge >= 0.3 is 0 Å². The van der Waals surface area contributed by atoms with Gasteiger partial charge in [-0.15, -0.1) is 0 Å². The van der Waals surface area contributed by atoms with E-state index in [2.05, 4.69) is 31.4 Å². The van der Waals surface area contributed by atoms with Gasteiger partial charge in [0.2, 0.25) is 6.41 Å². The van der Waals surface area contributed by atoms with Gasteiger partial charge in [0, 0.05) is 15.7 Å². The molecule has 0 fully saturated rings. The molecule has 28 heavy (non-hydrogen) atoms. The van der Waals surface area contributed by atoms with Crippen molar-refractivity contribution < 1.29 is 9.59 Å². The lowest BCUT2D eigenvalue weighted by atomic mass is 9.89. The standard InChI is InChI=1S/C22H24Cl2N2O2/c1-22(2,3)13-18(11-16-9-10-17(23)12-19(16)24)26-21(28)20(25-14-27)15-7-5-4-6-8-15/h4-12,14,20H,13H2,1-3H3,(H,25,27)(H,26,28)/b18-11+. The van der Waals surface area contributed by atoms with Crippen LogP contribution in [0.15, 0.2) is 54.2 Å². The summed E-state index contributed by atoms with van der Waals surface area (Å²) in [7, 11) is 0. The van der Waals surface area contributed by atoms with E-state index in [1.165, 1.54) is 0 Å². The van der Waals surface area contributed by atoms with Crippen LogP contribution in [-0.4, -0.2) is 12.3 Å². The lowest BCUT2D eigenvalue weighted by Gasteiger charge is -2.23. The molecular weight excluding hydrogens is 395 g/mol. The number of rotatable bonds is 7. The highest BCUT2D eigenvalue weighted by molar-refractivity contribution is 6.35. The van der Waals surface area contributed by atoms with Gasteiger partial charge in [0.05, 0.1) is 0 Å². The Bertz CT molecular complexity index is 859. The van der Waals surface area contributed by atoms with E-state index >= 15 is 0 Å². The lowest BCUT2D eigenvalue weighted by molar-refractivity contribution is -0.125. The maximum Gasteiger partial charge on any atom is 0.251 e. The van der Waals surface area contributed by atoms with Crippen LogP contribution in [0, 0.1) is 5.41 Å². The molecule has 0 aliphatic rings. The van der Waals surface area contributed by atoms with Crippen molar-refractivity contribution >= 4 is 41.6 Å². The highest BCUT2D eigenvalue weighted by Crippen LogP contribution is 2.28. The minimum atomic E-state index is -0.789. The molecule has 0 saturated carbocycles. The average Bonchev–Trinajstić information content (AvgIpc) is 2.61. The third-order valence-corrected chi connectivity index (χ3v) is 4.49. The van der Waals surface area contributed by atoms with Crippen molar-refractivity contribution in [2.75, 3.05) is 0 Å². The van der Waals surface area contributed by atoms with E-state index < -0.39 is 6.04 Å². The van der Waals surface area contributed by atoms with Crippen LogP contribution in [0.2, 0.25) is 10.0 Å². The zero-order chi connectivity index (χ0) is 20.7. The fraction of sp³-hybridized carbons (Fsp3) is 0.273. The molecule has 1 unspecified atom stereocenters. The molecule has 0 aliphatic heterocycles. The van der Waals surface area contributed by atoms with E-state index in [1.54, 1.807) is 30.3 Å². The molecule has 0 aromatic heterocycles. The molecule has 0 bridgehead atoms. The summed E-state index contributed by atoms with van der Waals surface area (Å²) in [6, 6.07) is 13.5. The molecule has 0 saturated heterocycles. The number of benzene rings is 2. The molecule has 2 N–H and O–H groups in total. The molecule has 2 rings (SSSR count). The van der Waals surface area contributed by atoms with Crippen molar-refractivity contribution in [2.45, 2.75) is 33.2 Å². The summed E-state index contributed by atoms with van der Waals surface area (Å²) in [5.41, 5.74) is 2.09. The van der Waals surface area contributed by atoms with Crippen LogP contribution in [0.25, 0.3) is 6.08 Å². The summed E-state index contributed by atoms with van der Waals surface area (Å²) in [6.45, 7) is 6.23. The van der Waals surface area contributed by atoms with E-state index in [1.807, 2.05) is 24.3 Å². The van der Waals surface area contributed by atoms with Crippen LogP contribution in [0.3, 0.4) is 0 Å². The van der Waals surface area contributed by atoms with Gasteiger partial charge in [0.15, 0.2) is 0 Å². The Hall–Kier alpha value is -2.30. The number of carbonyl (C=O) groups is 2. The SMILES string of the molecule is CC(C)(C)C/C(=C\c1ccc(Cl)cc1Cl)NC(=O)C(NC=O)c1ccccc1. The Kier molecular flexibility index (Phi) is 7.67. The fourth-order valence-electron chi connectivity index (χ4n) is 2.78. The fourth-order valence-corrected chi connectivity index (χ4v) is 3.24. The minimum Gasteiger partial charge on any atom is -0.343 e. The number of nitrogens with one attached hydrogen (secondary N) is 2. The van der Waals surface area contributed by atoms with E-state index in [9.17, 15) is 9.59 Å². The van der Waals surface area contributed by atoms with Gasteiger partial charge in [0.1, 0.15) is 6.04 Å². The molecule has 0 spiro atoms. The summed E-state index contributed by atoms with van der Waals surface area (Å²) >= 11 is 12.3. The molecular formula is C22H24Cl2N2O2. The van der Waals surface area contributed by atoms with Crippen molar-refractivity contribution in [1.82, 2.24) is 10.6 Å². The number of hydrogen-bond donors (Lipinski definition) is 2. The summed E-state index contributed by atoms with van der Waals surface area (Å²) < 4.78 is 0. The monoisotopic (exact) mass is 418 g/mol. The first-order valence-corrected chi connectivity index (χ1v) is 9.66. The first-order valence-electron chi connectivity index (χ1n) is 8.91. The van der Waals surface area contributed by atoms with Gasteiger partial charge in [-0.1, -0.05) is 80.4 Å². The van der Waals surface area contributed by atoms with Gasteiger partial charge < -0.3 is 10.6 Å². The summed E-state index contributed by atoms with van der Waals surface area (Å²) in [6.07, 6.45) is 2.98. The van der Waals surface area contributed by atoms with Gasteiger partial charge in [-0.25, -0.2) is 0 Å². The largest absolute Gasteiger partial charge is 0.343 e. The molecule has 2 amide bonds. The number of allylic oxidation sites excluding steroid dienone is 1. The molecule has 148 valence electrons. The highest BCUT2D eigenvalue weighted by atomic mass is 35.5. The van der Waals surface area contributed by atoms with Crippen molar-refractivity contribution in [1.29, 1.82) is 0 Å². The second-order valence-corrected chi connectivity index (χ2v) is 8.53. The van der Waals surface area contributed by atoms with Crippen molar-refractivity contribution in [3.8, 4) is 0 Å². The quantitative estimate of drug-likeness (QED) is 0.593. The molecule has 2 aromatic rings. The summed E-state index contributed by atoms with van der Waals surface area (Å²) in [5, 5.41) is 6.59. The van der Waals surface area contributed by atoms with E-state index in [0.717, 1.165) is 5.56 Å². The molecule has 0 aliphatic carbocycles. The summed E-state index contributed by atoms with van der Waals surface area (Å²) in [5.74, 6) is -0.320. The first kappa shape index (κ1) is 22.0. The number of halogens is 2. The van der Waals surface area contributed by atoms with Crippen LogP contribution in [0.1, 0.15) is 44.4 Å². The predicted octanol–water partition coefficient (Wildman–Crippen LogP) is 5.37. The maximum absolute atomic E-state index is 12.9. The van der Waals surface area contributed by atoms with Crippen LogP contribution in [-0.2, 0) is 9.59 Å². The molecule has 6 heteroatoms. The van der Waals surface area contributed by atoms with Gasteiger partial charge in [0.25, 0.3) is 5.91 Å². The van der Waals surface area contributed by atoms with Gasteiger partial charge in [-0.05, 0) is 41.2 Å². The van der Waals surface area contributed by atoms with Crippen molar-refractivity contribution in [3.05, 3.63) is 75.4 Å². The Morgan fingerprint density at radius 1 is 1.11 bits per heavy atom. The maximum atomic E-state index is 12.9. The van der Waals surface area contributed by atoms with Crippen LogP contribution < -0.4 is 10.6 Å². The van der Waals surface area contributed by atoms with Crippen LogP contribution >= 0.6 is 23.2 Å². The zero-order valence-electron chi connectivity index (χ0n) is 16.1. The van der Waals surface area contributed by atoms with Crippen molar-refractivity contribution in [2.24, 2.45) is 5.41 Å². The number of carbonyl (C=O) groups excluding carboxylic acids is 2. The van der Waals surface area contributed by atoms with E-state index in [4.69, 9.17) is 23.2 Å². The van der Waals surface area contributed by atoms with Crippen LogP contribution in [0.4, 0.5) is 0 Å². The number of hydrogen-bond acceptors (Lipinski definition) is 2. The molecule has 0 radical (unpaired) electrons. The molecule has 1 atom stereocenters. The predicted molar refractivity (Wildman–Crippen MR) is 115 cm³/mol. The lowest BCUT2D eigenvalue weighted by Crippen LogP contribution is -2.37. The zero-order valence-corrected chi connectivity index (χ0v) is 17.6. The van der Waals surface area contributed by atoms with Crippen molar-refractivity contribution in [3.63, 3.8) is 0 Å². The molecule has 2 aromatic carbocycles. The Morgan fingerprint density at radius 2 is 1.79 bits per heavy atom. The summed E-state index contributed by atoms with van der Waals surface area (Å²) in [4.78, 5) is 24.0. The minimum absolute atomic E-state index is 0.0711. The Labute approximate surface area is 175 Å². The van der Waals surface area contributed by atoms with E-state index in [-0.39, 0.29) is 11.3 Å². The Morgan fingerprint density at radius 3 is 2.36 bits per heavy atom. The van der Waals surface area contributed by atoms with Gasteiger partial charge in [-0.3, -0.25) is 9.59 Å². The average molecular weight is 419 g/mol.